The van der Waals surface area contributed by atoms with Gasteiger partial charge in [0, 0.05) is 12.2 Å². The first-order valence-electron chi connectivity index (χ1n) is 8.98. The van der Waals surface area contributed by atoms with Crippen molar-refractivity contribution in [2.75, 3.05) is 18.5 Å². The second-order valence-electron chi connectivity index (χ2n) is 7.87. The number of nitrogens with zero attached hydrogens (tertiary/aromatic N) is 3. The first kappa shape index (κ1) is 15.5. The molecule has 6 nitrogen and oxygen atoms in total. The number of fused-ring (bicyclic) bond motifs is 4. The van der Waals surface area contributed by atoms with Gasteiger partial charge in [0.25, 0.3) is 0 Å². The Morgan fingerprint density at radius 1 is 1.32 bits per heavy atom. The lowest BCUT2D eigenvalue weighted by atomic mass is 10.1. The molecule has 7 heteroatoms. The summed E-state index contributed by atoms with van der Waals surface area (Å²) in [6.45, 7) is 5.77. The summed E-state index contributed by atoms with van der Waals surface area (Å²) in [6, 6.07) is 2.12. The molecule has 5 rings (SSSR count). The van der Waals surface area contributed by atoms with E-state index < -0.39 is 12.5 Å². The maximum atomic E-state index is 12.6. The fourth-order valence-electron chi connectivity index (χ4n) is 4.69. The van der Waals surface area contributed by atoms with E-state index in [9.17, 15) is 4.39 Å². The molecule has 1 aliphatic heterocycles. The molecule has 25 heavy (non-hydrogen) atoms. The van der Waals surface area contributed by atoms with Crippen LogP contribution in [0.25, 0.3) is 11.2 Å². The highest BCUT2D eigenvalue weighted by atomic mass is 19.1. The van der Waals surface area contributed by atoms with Crippen LogP contribution in [0.3, 0.4) is 0 Å². The monoisotopic (exact) mass is 346 g/mol. The van der Waals surface area contributed by atoms with Crippen LogP contribution in [0.4, 0.5) is 10.1 Å². The lowest BCUT2D eigenvalue weighted by molar-refractivity contribution is -0.156. The van der Waals surface area contributed by atoms with Crippen LogP contribution in [0.2, 0.25) is 0 Å². The number of nitrogens with one attached hydrogen (secondary N) is 1. The van der Waals surface area contributed by atoms with Crippen LogP contribution in [0.1, 0.15) is 32.0 Å². The maximum absolute atomic E-state index is 12.6. The summed E-state index contributed by atoms with van der Waals surface area (Å²) >= 11 is 0. The van der Waals surface area contributed by atoms with Crippen molar-refractivity contribution < 1.29 is 13.9 Å². The number of aryl methyl sites for hydroxylation is 1. The van der Waals surface area contributed by atoms with Crippen molar-refractivity contribution in [3.8, 4) is 0 Å². The Morgan fingerprint density at radius 3 is 2.92 bits per heavy atom. The molecule has 3 aliphatic rings. The number of halogens is 1. The lowest BCUT2D eigenvalue weighted by Gasteiger charge is -2.24. The average Bonchev–Trinajstić information content (AvgIpc) is 2.98. The van der Waals surface area contributed by atoms with E-state index in [1.54, 1.807) is 0 Å². The number of hydrogen-bond acceptors (Lipinski definition) is 5. The zero-order valence-corrected chi connectivity index (χ0v) is 14.7. The molecule has 1 saturated heterocycles. The molecule has 0 radical (unpaired) electrons. The summed E-state index contributed by atoms with van der Waals surface area (Å²) in [5.41, 5.74) is 3.36. The molecule has 2 aliphatic carbocycles. The van der Waals surface area contributed by atoms with Crippen LogP contribution < -0.4 is 5.32 Å². The van der Waals surface area contributed by atoms with E-state index in [1.165, 1.54) is 6.42 Å². The Balaban J connectivity index is 1.56. The number of rotatable bonds is 4. The van der Waals surface area contributed by atoms with E-state index >= 15 is 0 Å². The quantitative estimate of drug-likeness (QED) is 0.922. The van der Waals surface area contributed by atoms with Crippen LogP contribution in [0.5, 0.6) is 0 Å². The van der Waals surface area contributed by atoms with Gasteiger partial charge in [-0.3, -0.25) is 0 Å². The van der Waals surface area contributed by atoms with Crippen molar-refractivity contribution >= 4 is 16.9 Å². The molecule has 0 aromatic carbocycles. The molecule has 0 spiro atoms. The maximum Gasteiger partial charge on any atom is 0.163 e. The first-order valence-corrected chi connectivity index (χ1v) is 8.98. The van der Waals surface area contributed by atoms with Gasteiger partial charge in [0.2, 0.25) is 0 Å². The second kappa shape index (κ2) is 5.14. The van der Waals surface area contributed by atoms with Crippen molar-refractivity contribution in [1.29, 1.82) is 0 Å². The number of aromatic nitrogens is 3. The standard InChI is InChI=1S/C18H23FN4O2/c1-9-6-12(20-5-4-19)13-17(22-9)23(8-21-13)14-10-7-11(10)15-16(14)25-18(2,3)24-15/h6,8,10-11,14-16H,4-5,7H2,1-3H3,(H,20,22)/t10-,11+,14+,15+,16-/m0/s1. The molecule has 2 aromatic rings. The Morgan fingerprint density at radius 2 is 2.12 bits per heavy atom. The van der Waals surface area contributed by atoms with Gasteiger partial charge in [-0.2, -0.15) is 0 Å². The van der Waals surface area contributed by atoms with E-state index in [0.717, 1.165) is 22.5 Å². The minimum absolute atomic E-state index is 0.0423. The van der Waals surface area contributed by atoms with E-state index in [1.807, 2.05) is 33.2 Å². The van der Waals surface area contributed by atoms with Gasteiger partial charge in [-0.25, -0.2) is 14.4 Å². The number of imidazole rings is 1. The van der Waals surface area contributed by atoms with Gasteiger partial charge in [0.1, 0.15) is 18.3 Å². The second-order valence-corrected chi connectivity index (χ2v) is 7.87. The summed E-state index contributed by atoms with van der Waals surface area (Å²) in [5, 5.41) is 3.12. The minimum atomic E-state index is -0.533. The fraction of sp³-hybridized carbons (Fsp3) is 0.667. The molecule has 134 valence electrons. The molecular weight excluding hydrogens is 323 g/mol. The Labute approximate surface area is 145 Å². The third kappa shape index (κ3) is 2.29. The van der Waals surface area contributed by atoms with Gasteiger partial charge in [-0.05, 0) is 45.1 Å². The molecule has 0 unspecified atom stereocenters. The highest BCUT2D eigenvalue weighted by Gasteiger charge is 2.66. The number of hydrogen-bond donors (Lipinski definition) is 1. The van der Waals surface area contributed by atoms with E-state index in [0.29, 0.717) is 11.8 Å². The van der Waals surface area contributed by atoms with Crippen LogP contribution in [0.15, 0.2) is 12.4 Å². The van der Waals surface area contributed by atoms with Gasteiger partial charge in [-0.15, -0.1) is 0 Å². The average molecular weight is 346 g/mol. The van der Waals surface area contributed by atoms with Crippen molar-refractivity contribution in [3.05, 3.63) is 18.1 Å². The van der Waals surface area contributed by atoms with E-state index in [2.05, 4.69) is 14.9 Å². The number of pyridine rings is 1. The highest BCUT2D eigenvalue weighted by molar-refractivity contribution is 5.86. The summed E-state index contributed by atoms with van der Waals surface area (Å²) in [4.78, 5) is 9.30. The Hall–Kier alpha value is -1.73. The molecule has 3 fully saturated rings. The topological polar surface area (TPSA) is 61.2 Å². The molecule has 0 bridgehead atoms. The van der Waals surface area contributed by atoms with E-state index in [4.69, 9.17) is 14.5 Å². The summed E-state index contributed by atoms with van der Waals surface area (Å²) in [5.74, 6) is 0.602. The molecule has 2 saturated carbocycles. The highest BCUT2D eigenvalue weighted by Crippen LogP contribution is 2.63. The van der Waals surface area contributed by atoms with Crippen LogP contribution in [-0.4, -0.2) is 45.7 Å². The summed E-state index contributed by atoms with van der Waals surface area (Å²) in [6.07, 6.45) is 3.23. The SMILES string of the molecule is Cc1cc(NCCF)c2ncn([C@@H]3[C@H]4C[C@H]4[C@H]4OC(C)(C)O[C@H]43)c2n1. The Kier molecular flexibility index (Phi) is 3.19. The number of anilines is 1. The van der Waals surface area contributed by atoms with Crippen LogP contribution in [-0.2, 0) is 9.47 Å². The van der Waals surface area contributed by atoms with E-state index in [-0.39, 0.29) is 24.8 Å². The van der Waals surface area contributed by atoms with Crippen molar-refractivity contribution in [1.82, 2.24) is 14.5 Å². The lowest BCUT2D eigenvalue weighted by Crippen LogP contribution is -2.30. The predicted octanol–water partition coefficient (Wildman–Crippen LogP) is 2.83. The largest absolute Gasteiger partial charge is 0.381 e. The third-order valence-corrected chi connectivity index (χ3v) is 5.64. The normalized spacial score (nSPS) is 35.0. The zero-order valence-electron chi connectivity index (χ0n) is 14.7. The minimum Gasteiger partial charge on any atom is -0.381 e. The molecule has 1 N–H and O–H groups in total. The van der Waals surface area contributed by atoms with Crippen molar-refractivity contribution in [3.63, 3.8) is 0 Å². The summed E-state index contributed by atoms with van der Waals surface area (Å²) in [7, 11) is 0. The van der Waals surface area contributed by atoms with Gasteiger partial charge in [0.05, 0.1) is 24.2 Å². The molecule has 0 amide bonds. The fourth-order valence-corrected chi connectivity index (χ4v) is 4.69. The van der Waals surface area contributed by atoms with Crippen molar-refractivity contribution in [2.24, 2.45) is 11.8 Å². The Bertz CT molecular complexity index is 836. The molecule has 2 aromatic heterocycles. The number of ether oxygens (including phenoxy) is 2. The summed E-state index contributed by atoms with van der Waals surface area (Å²) < 4.78 is 27.1. The smallest absolute Gasteiger partial charge is 0.163 e. The zero-order chi connectivity index (χ0) is 17.3. The third-order valence-electron chi connectivity index (χ3n) is 5.64. The first-order chi connectivity index (χ1) is 12.0. The van der Waals surface area contributed by atoms with Crippen molar-refractivity contribution in [2.45, 2.75) is 51.2 Å². The van der Waals surface area contributed by atoms with Crippen LogP contribution >= 0.6 is 0 Å². The van der Waals surface area contributed by atoms with Gasteiger partial charge in [0.15, 0.2) is 11.4 Å². The van der Waals surface area contributed by atoms with Gasteiger partial charge >= 0.3 is 0 Å². The molecule has 5 atom stereocenters. The predicted molar refractivity (Wildman–Crippen MR) is 91.2 cm³/mol. The molecular formula is C18H23FN4O2. The van der Waals surface area contributed by atoms with Gasteiger partial charge in [-0.1, -0.05) is 0 Å². The molecule has 3 heterocycles. The number of alkyl halides is 1. The van der Waals surface area contributed by atoms with Gasteiger partial charge < -0.3 is 19.4 Å². The van der Waals surface area contributed by atoms with Crippen LogP contribution in [0, 0.1) is 18.8 Å².